The maximum Gasteiger partial charge on any atom is 0.326 e. The molecule has 0 aliphatic carbocycles. The van der Waals surface area contributed by atoms with Crippen molar-refractivity contribution in [3.05, 3.63) is 0 Å². The summed E-state index contributed by atoms with van der Waals surface area (Å²) in [5.74, 6) is -2.71. The fourth-order valence-corrected chi connectivity index (χ4v) is 0.965. The third-order valence-corrected chi connectivity index (χ3v) is 2.10. The van der Waals surface area contributed by atoms with Crippen molar-refractivity contribution in [2.24, 2.45) is 17.4 Å². The average Bonchev–Trinajstić information content (AvgIpc) is 2.21. The summed E-state index contributed by atoms with van der Waals surface area (Å²) in [6.07, 6.45) is -0.109. The van der Waals surface area contributed by atoms with E-state index in [9.17, 15) is 14.4 Å². The van der Waals surface area contributed by atoms with E-state index in [4.69, 9.17) is 16.6 Å². The third-order valence-electron chi connectivity index (χ3n) is 2.10. The number of amides is 2. The largest absolute Gasteiger partial charge is 0.480 e. The lowest BCUT2D eigenvalue weighted by molar-refractivity contribution is -0.142. The van der Waals surface area contributed by atoms with Gasteiger partial charge in [-0.1, -0.05) is 6.92 Å². The number of rotatable bonds is 7. The Bertz CT molecular complexity index is 280. The van der Waals surface area contributed by atoms with Crippen LogP contribution in [0.15, 0.2) is 0 Å². The zero-order valence-corrected chi connectivity index (χ0v) is 9.10. The molecule has 1 unspecified atom stereocenters. The molecule has 7 heteroatoms. The summed E-state index contributed by atoms with van der Waals surface area (Å²) in [7, 11) is 0. The topological polar surface area (TPSA) is 136 Å². The Hall–Kier alpha value is -1.63. The molecule has 0 fully saturated rings. The third kappa shape index (κ3) is 5.30. The van der Waals surface area contributed by atoms with Gasteiger partial charge < -0.3 is 21.9 Å². The number of aliphatic carboxylic acids is 1. The van der Waals surface area contributed by atoms with Gasteiger partial charge in [0.1, 0.15) is 6.04 Å². The summed E-state index contributed by atoms with van der Waals surface area (Å²) in [5.41, 5.74) is 10.2. The molecule has 0 bridgehead atoms. The maximum absolute atomic E-state index is 11.4. The van der Waals surface area contributed by atoms with Gasteiger partial charge in [-0.25, -0.2) is 4.79 Å². The molecule has 16 heavy (non-hydrogen) atoms. The molecule has 0 spiro atoms. The molecule has 0 rings (SSSR count). The van der Waals surface area contributed by atoms with Crippen molar-refractivity contribution in [2.45, 2.75) is 25.8 Å². The second kappa shape index (κ2) is 6.78. The van der Waals surface area contributed by atoms with Crippen LogP contribution in [-0.2, 0) is 14.4 Å². The first-order valence-corrected chi connectivity index (χ1v) is 4.90. The molecule has 0 heterocycles. The first-order valence-electron chi connectivity index (χ1n) is 4.90. The number of hydrogen-bond acceptors (Lipinski definition) is 4. The molecule has 0 aromatic carbocycles. The monoisotopic (exact) mass is 231 g/mol. The highest BCUT2D eigenvalue weighted by atomic mass is 16.4. The highest BCUT2D eigenvalue weighted by Gasteiger charge is 2.22. The minimum atomic E-state index is -1.20. The van der Waals surface area contributed by atoms with Gasteiger partial charge in [0.05, 0.1) is 0 Å². The van der Waals surface area contributed by atoms with E-state index in [1.807, 2.05) is 0 Å². The minimum Gasteiger partial charge on any atom is -0.480 e. The molecule has 7 nitrogen and oxygen atoms in total. The Morgan fingerprint density at radius 1 is 1.38 bits per heavy atom. The van der Waals surface area contributed by atoms with Crippen molar-refractivity contribution in [1.29, 1.82) is 0 Å². The molecule has 2 atom stereocenters. The average molecular weight is 231 g/mol. The van der Waals surface area contributed by atoms with Crippen LogP contribution in [0.2, 0.25) is 0 Å². The van der Waals surface area contributed by atoms with E-state index in [0.717, 1.165) is 0 Å². The van der Waals surface area contributed by atoms with Crippen LogP contribution in [0.3, 0.4) is 0 Å². The van der Waals surface area contributed by atoms with Crippen LogP contribution in [0.1, 0.15) is 19.8 Å². The molecule has 0 aliphatic heterocycles. The van der Waals surface area contributed by atoms with E-state index in [-0.39, 0.29) is 19.4 Å². The first-order chi connectivity index (χ1) is 7.38. The standard InChI is InChI=1S/C9H17N3O4/c1-5(4-10)8(14)12-6(9(15)16)2-3-7(11)13/h5-6H,2-4,10H2,1H3,(H2,11,13)(H,12,14)(H,15,16)/t5?,6-/m0/s1. The van der Waals surface area contributed by atoms with Gasteiger partial charge in [-0.05, 0) is 6.42 Å². The quantitative estimate of drug-likeness (QED) is 0.419. The number of carboxylic acid groups (broad SMARTS) is 1. The van der Waals surface area contributed by atoms with Crippen LogP contribution in [-0.4, -0.2) is 35.5 Å². The Morgan fingerprint density at radius 2 is 1.94 bits per heavy atom. The van der Waals surface area contributed by atoms with Gasteiger partial charge >= 0.3 is 5.97 Å². The van der Waals surface area contributed by atoms with Crippen LogP contribution in [0.25, 0.3) is 0 Å². The van der Waals surface area contributed by atoms with Gasteiger partial charge in [-0.2, -0.15) is 0 Å². The van der Waals surface area contributed by atoms with E-state index in [2.05, 4.69) is 5.32 Å². The molecule has 0 aromatic heterocycles. The van der Waals surface area contributed by atoms with E-state index in [1.165, 1.54) is 0 Å². The molecule has 0 aromatic rings. The number of nitrogens with one attached hydrogen (secondary N) is 1. The molecular formula is C9H17N3O4. The van der Waals surface area contributed by atoms with E-state index in [1.54, 1.807) is 6.92 Å². The highest BCUT2D eigenvalue weighted by Crippen LogP contribution is 2.00. The first kappa shape index (κ1) is 14.4. The summed E-state index contributed by atoms with van der Waals surface area (Å²) in [4.78, 5) is 32.6. The van der Waals surface area contributed by atoms with Crippen molar-refractivity contribution in [2.75, 3.05) is 6.54 Å². The van der Waals surface area contributed by atoms with Crippen LogP contribution >= 0.6 is 0 Å². The molecule has 6 N–H and O–H groups in total. The number of carbonyl (C=O) groups excluding carboxylic acids is 2. The van der Waals surface area contributed by atoms with Gasteiger partial charge in [-0.15, -0.1) is 0 Å². The molecule has 0 radical (unpaired) electrons. The fraction of sp³-hybridized carbons (Fsp3) is 0.667. The lowest BCUT2D eigenvalue weighted by Crippen LogP contribution is -2.44. The molecular weight excluding hydrogens is 214 g/mol. The number of primary amides is 1. The zero-order valence-electron chi connectivity index (χ0n) is 9.10. The van der Waals surface area contributed by atoms with E-state index in [0.29, 0.717) is 0 Å². The number of hydrogen-bond donors (Lipinski definition) is 4. The smallest absolute Gasteiger partial charge is 0.326 e. The Morgan fingerprint density at radius 3 is 2.31 bits per heavy atom. The molecule has 0 saturated heterocycles. The van der Waals surface area contributed by atoms with Gasteiger partial charge in [0.25, 0.3) is 0 Å². The zero-order chi connectivity index (χ0) is 12.7. The number of nitrogens with two attached hydrogens (primary N) is 2. The van der Waals surface area contributed by atoms with Crippen molar-refractivity contribution in [3.63, 3.8) is 0 Å². The second-order valence-electron chi connectivity index (χ2n) is 3.54. The van der Waals surface area contributed by atoms with Crippen molar-refractivity contribution in [1.82, 2.24) is 5.32 Å². The van der Waals surface area contributed by atoms with Crippen molar-refractivity contribution < 1.29 is 19.5 Å². The van der Waals surface area contributed by atoms with Crippen LogP contribution < -0.4 is 16.8 Å². The Labute approximate surface area is 93.2 Å². The lowest BCUT2D eigenvalue weighted by Gasteiger charge is -2.16. The predicted octanol–water partition coefficient (Wildman–Crippen LogP) is -1.58. The van der Waals surface area contributed by atoms with Gasteiger partial charge in [0.2, 0.25) is 11.8 Å². The SMILES string of the molecule is CC(CN)C(=O)N[C@@H](CCC(N)=O)C(=O)O. The van der Waals surface area contributed by atoms with Crippen LogP contribution in [0.5, 0.6) is 0 Å². The molecule has 2 amide bonds. The molecule has 92 valence electrons. The predicted molar refractivity (Wildman–Crippen MR) is 56.2 cm³/mol. The van der Waals surface area contributed by atoms with Crippen molar-refractivity contribution >= 4 is 17.8 Å². The van der Waals surface area contributed by atoms with E-state index >= 15 is 0 Å². The number of carboxylic acids is 1. The fourth-order valence-electron chi connectivity index (χ4n) is 0.965. The highest BCUT2D eigenvalue weighted by molar-refractivity contribution is 5.85. The summed E-state index contributed by atoms with van der Waals surface area (Å²) in [5, 5.41) is 11.1. The summed E-state index contributed by atoms with van der Waals surface area (Å²) in [6, 6.07) is -1.10. The summed E-state index contributed by atoms with van der Waals surface area (Å²) >= 11 is 0. The van der Waals surface area contributed by atoms with Gasteiger partial charge in [0, 0.05) is 18.9 Å². The summed E-state index contributed by atoms with van der Waals surface area (Å²) < 4.78 is 0. The Balaban J connectivity index is 4.28. The maximum atomic E-state index is 11.4. The van der Waals surface area contributed by atoms with Crippen LogP contribution in [0.4, 0.5) is 0 Å². The van der Waals surface area contributed by atoms with Gasteiger partial charge in [-0.3, -0.25) is 9.59 Å². The lowest BCUT2D eigenvalue weighted by atomic mass is 10.1. The second-order valence-corrected chi connectivity index (χ2v) is 3.54. The minimum absolute atomic E-state index is 0.0201. The van der Waals surface area contributed by atoms with Crippen LogP contribution in [0, 0.1) is 5.92 Å². The van der Waals surface area contributed by atoms with Gasteiger partial charge in [0.15, 0.2) is 0 Å². The molecule has 0 saturated carbocycles. The summed E-state index contributed by atoms with van der Waals surface area (Å²) in [6.45, 7) is 1.72. The van der Waals surface area contributed by atoms with Crippen molar-refractivity contribution in [3.8, 4) is 0 Å². The number of carbonyl (C=O) groups is 3. The normalized spacial score (nSPS) is 13.9. The Kier molecular flexibility index (Phi) is 6.09. The van der Waals surface area contributed by atoms with E-state index < -0.39 is 29.7 Å². The molecule has 0 aliphatic rings.